The standard InChI is InChI=1S/C15H25N5O/c1-11(20-5-3-2-4-6-20)8-17-15(21)13-7-12-14(9-16-13)19-10-18-12/h10-11,13,16H,2-9H2,1H3,(H,17,21)(H,18,19). The Labute approximate surface area is 125 Å². The summed E-state index contributed by atoms with van der Waals surface area (Å²) in [5.74, 6) is 0.0903. The fraction of sp³-hybridized carbons (Fsp3) is 0.733. The number of carbonyl (C=O) groups excluding carboxylic acids is 1. The molecule has 1 amide bonds. The predicted molar refractivity (Wildman–Crippen MR) is 80.8 cm³/mol. The van der Waals surface area contributed by atoms with Crippen LogP contribution in [0.15, 0.2) is 6.33 Å². The van der Waals surface area contributed by atoms with Crippen LogP contribution in [0.25, 0.3) is 0 Å². The molecule has 0 bridgehead atoms. The number of imidazole rings is 1. The number of hydrogen-bond donors (Lipinski definition) is 3. The van der Waals surface area contributed by atoms with Gasteiger partial charge < -0.3 is 10.3 Å². The average molecular weight is 291 g/mol. The Kier molecular flexibility index (Phi) is 4.55. The molecular formula is C15H25N5O. The lowest BCUT2D eigenvalue weighted by Gasteiger charge is -2.33. The molecule has 1 saturated heterocycles. The van der Waals surface area contributed by atoms with E-state index in [0.717, 1.165) is 31.0 Å². The molecule has 0 saturated carbocycles. The summed E-state index contributed by atoms with van der Waals surface area (Å²) in [5, 5.41) is 6.36. The van der Waals surface area contributed by atoms with Crippen molar-refractivity contribution in [2.24, 2.45) is 0 Å². The zero-order valence-electron chi connectivity index (χ0n) is 12.7. The third kappa shape index (κ3) is 3.44. The smallest absolute Gasteiger partial charge is 0.237 e. The summed E-state index contributed by atoms with van der Waals surface area (Å²) < 4.78 is 0. The molecule has 0 spiro atoms. The van der Waals surface area contributed by atoms with E-state index < -0.39 is 0 Å². The number of nitrogens with one attached hydrogen (secondary N) is 3. The summed E-state index contributed by atoms with van der Waals surface area (Å²) in [7, 11) is 0. The van der Waals surface area contributed by atoms with Gasteiger partial charge in [0.25, 0.3) is 0 Å². The molecule has 0 aromatic carbocycles. The zero-order valence-corrected chi connectivity index (χ0v) is 12.7. The normalized spacial score (nSPS) is 24.3. The lowest BCUT2D eigenvalue weighted by molar-refractivity contribution is -0.123. The van der Waals surface area contributed by atoms with Gasteiger partial charge in [-0.3, -0.25) is 15.0 Å². The average Bonchev–Trinajstić information content (AvgIpc) is 3.00. The Balaban J connectivity index is 1.46. The van der Waals surface area contributed by atoms with E-state index >= 15 is 0 Å². The number of aromatic amines is 1. The van der Waals surface area contributed by atoms with Gasteiger partial charge in [0.05, 0.1) is 23.8 Å². The van der Waals surface area contributed by atoms with Crippen molar-refractivity contribution >= 4 is 5.91 Å². The summed E-state index contributed by atoms with van der Waals surface area (Å²) in [6.45, 7) is 5.94. The van der Waals surface area contributed by atoms with Crippen LogP contribution >= 0.6 is 0 Å². The number of nitrogens with zero attached hydrogens (tertiary/aromatic N) is 2. The summed E-state index contributed by atoms with van der Waals surface area (Å²) in [5.41, 5.74) is 2.11. The van der Waals surface area contributed by atoms with Gasteiger partial charge in [0, 0.05) is 25.6 Å². The van der Waals surface area contributed by atoms with Gasteiger partial charge in [-0.25, -0.2) is 4.98 Å². The number of H-pyrrole nitrogens is 1. The van der Waals surface area contributed by atoms with Crippen molar-refractivity contribution < 1.29 is 4.79 Å². The number of likely N-dealkylation sites (tertiary alicyclic amines) is 1. The molecule has 3 rings (SSSR count). The van der Waals surface area contributed by atoms with E-state index in [-0.39, 0.29) is 11.9 Å². The van der Waals surface area contributed by atoms with Crippen LogP contribution in [-0.2, 0) is 17.8 Å². The zero-order chi connectivity index (χ0) is 14.7. The molecule has 116 valence electrons. The second-order valence-electron chi connectivity index (χ2n) is 6.16. The highest BCUT2D eigenvalue weighted by molar-refractivity contribution is 5.82. The van der Waals surface area contributed by atoms with Gasteiger partial charge in [0.1, 0.15) is 0 Å². The highest BCUT2D eigenvalue weighted by Gasteiger charge is 2.26. The number of amides is 1. The first-order valence-electron chi connectivity index (χ1n) is 8.00. The van der Waals surface area contributed by atoms with Crippen LogP contribution < -0.4 is 10.6 Å². The van der Waals surface area contributed by atoms with Gasteiger partial charge in [-0.1, -0.05) is 6.42 Å². The maximum atomic E-state index is 12.3. The van der Waals surface area contributed by atoms with Crippen molar-refractivity contribution in [3.63, 3.8) is 0 Å². The van der Waals surface area contributed by atoms with Crippen molar-refractivity contribution in [2.45, 2.75) is 51.2 Å². The molecule has 3 N–H and O–H groups in total. The van der Waals surface area contributed by atoms with Crippen molar-refractivity contribution in [1.29, 1.82) is 0 Å². The number of hydrogen-bond acceptors (Lipinski definition) is 4. The largest absolute Gasteiger partial charge is 0.353 e. The van der Waals surface area contributed by atoms with E-state index in [0.29, 0.717) is 19.0 Å². The first-order chi connectivity index (χ1) is 10.2. The molecular weight excluding hydrogens is 266 g/mol. The summed E-state index contributed by atoms with van der Waals surface area (Å²) in [6.07, 6.45) is 6.27. The van der Waals surface area contributed by atoms with Crippen LogP contribution in [-0.4, -0.2) is 52.5 Å². The first-order valence-corrected chi connectivity index (χ1v) is 8.00. The van der Waals surface area contributed by atoms with E-state index in [1.54, 1.807) is 6.33 Å². The van der Waals surface area contributed by atoms with Crippen LogP contribution in [0.3, 0.4) is 0 Å². The van der Waals surface area contributed by atoms with Crippen molar-refractivity contribution in [1.82, 2.24) is 25.5 Å². The minimum atomic E-state index is -0.158. The molecule has 2 aliphatic heterocycles. The van der Waals surface area contributed by atoms with Gasteiger partial charge in [-0.2, -0.15) is 0 Å². The summed E-state index contributed by atoms with van der Waals surface area (Å²) in [4.78, 5) is 22.1. The molecule has 1 aromatic rings. The SMILES string of the molecule is CC(CNC(=O)C1Cc2nc[nH]c2CN1)N1CCCCC1. The second-order valence-corrected chi connectivity index (χ2v) is 6.16. The number of aromatic nitrogens is 2. The predicted octanol–water partition coefficient (Wildman–Crippen LogP) is 0.415. The van der Waals surface area contributed by atoms with E-state index in [9.17, 15) is 4.79 Å². The molecule has 2 aliphatic rings. The Morgan fingerprint density at radius 2 is 2.29 bits per heavy atom. The number of fused-ring (bicyclic) bond motifs is 1. The lowest BCUT2D eigenvalue weighted by atomic mass is 10.0. The maximum absolute atomic E-state index is 12.3. The summed E-state index contributed by atoms with van der Waals surface area (Å²) >= 11 is 0. The van der Waals surface area contributed by atoms with Crippen molar-refractivity contribution in [3.05, 3.63) is 17.7 Å². The van der Waals surface area contributed by atoms with Gasteiger partial charge in [-0.15, -0.1) is 0 Å². The Bertz CT molecular complexity index is 480. The van der Waals surface area contributed by atoms with Crippen molar-refractivity contribution in [3.8, 4) is 0 Å². The van der Waals surface area contributed by atoms with Crippen LogP contribution in [0.5, 0.6) is 0 Å². The molecule has 3 heterocycles. The lowest BCUT2D eigenvalue weighted by Crippen LogP contribution is -2.51. The quantitative estimate of drug-likeness (QED) is 0.751. The van der Waals surface area contributed by atoms with E-state index in [1.807, 2.05) is 0 Å². The fourth-order valence-corrected chi connectivity index (χ4v) is 3.21. The molecule has 0 aliphatic carbocycles. The Morgan fingerprint density at radius 1 is 1.48 bits per heavy atom. The molecule has 2 unspecified atom stereocenters. The molecule has 21 heavy (non-hydrogen) atoms. The van der Waals surface area contributed by atoms with Gasteiger partial charge in [0.2, 0.25) is 5.91 Å². The fourth-order valence-electron chi connectivity index (χ4n) is 3.21. The van der Waals surface area contributed by atoms with Crippen LogP contribution in [0, 0.1) is 0 Å². The van der Waals surface area contributed by atoms with Gasteiger partial charge >= 0.3 is 0 Å². The van der Waals surface area contributed by atoms with E-state index in [2.05, 4.69) is 32.4 Å². The van der Waals surface area contributed by atoms with Crippen molar-refractivity contribution in [2.75, 3.05) is 19.6 Å². The topological polar surface area (TPSA) is 73.0 Å². The van der Waals surface area contributed by atoms with E-state index in [4.69, 9.17) is 0 Å². The second kappa shape index (κ2) is 6.58. The third-order valence-electron chi connectivity index (χ3n) is 4.63. The maximum Gasteiger partial charge on any atom is 0.237 e. The summed E-state index contributed by atoms with van der Waals surface area (Å²) in [6, 6.07) is 0.258. The molecule has 0 radical (unpaired) electrons. The Hall–Kier alpha value is -1.40. The molecule has 6 heteroatoms. The van der Waals surface area contributed by atoms with E-state index in [1.165, 1.54) is 19.3 Å². The van der Waals surface area contributed by atoms with Gasteiger partial charge in [0.15, 0.2) is 0 Å². The highest BCUT2D eigenvalue weighted by atomic mass is 16.2. The highest BCUT2D eigenvalue weighted by Crippen LogP contribution is 2.13. The molecule has 1 aromatic heterocycles. The molecule has 2 atom stereocenters. The first kappa shape index (κ1) is 14.5. The molecule has 6 nitrogen and oxygen atoms in total. The number of rotatable bonds is 4. The third-order valence-corrected chi connectivity index (χ3v) is 4.63. The van der Waals surface area contributed by atoms with Gasteiger partial charge in [-0.05, 0) is 32.9 Å². The minimum Gasteiger partial charge on any atom is -0.353 e. The Morgan fingerprint density at radius 3 is 3.10 bits per heavy atom. The number of carbonyl (C=O) groups is 1. The molecule has 1 fully saturated rings. The van der Waals surface area contributed by atoms with Crippen LogP contribution in [0.2, 0.25) is 0 Å². The number of piperidine rings is 1. The minimum absolute atomic E-state index is 0.0903. The monoisotopic (exact) mass is 291 g/mol. The van der Waals surface area contributed by atoms with Crippen LogP contribution in [0.4, 0.5) is 0 Å². The van der Waals surface area contributed by atoms with Crippen LogP contribution in [0.1, 0.15) is 37.6 Å².